The summed E-state index contributed by atoms with van der Waals surface area (Å²) in [6, 6.07) is 28.7. The molecule has 0 atom stereocenters. The van der Waals surface area contributed by atoms with Crippen molar-refractivity contribution in [3.05, 3.63) is 178 Å². The lowest BCUT2D eigenvalue weighted by molar-refractivity contribution is -0.127. The van der Waals surface area contributed by atoms with Gasteiger partial charge in [-0.1, -0.05) is 37.4 Å². The number of nitrogen functional groups attached to an aromatic ring is 1. The second kappa shape index (κ2) is 28.9. The van der Waals surface area contributed by atoms with Gasteiger partial charge in [0.15, 0.2) is 0 Å². The number of piperidine rings is 2. The Balaban J connectivity index is 0.000000177. The van der Waals surface area contributed by atoms with E-state index in [2.05, 4.69) is 134 Å². The van der Waals surface area contributed by atoms with E-state index in [1.54, 1.807) is 18.2 Å². The Morgan fingerprint density at radius 1 is 0.626 bits per heavy atom. The maximum atomic E-state index is 13.0. The third-order valence-corrected chi connectivity index (χ3v) is 21.6. The molecule has 14 rings (SSSR count). The highest BCUT2D eigenvalue weighted by molar-refractivity contribution is 7.19. The van der Waals surface area contributed by atoms with Crippen molar-refractivity contribution >= 4 is 111 Å². The molecule has 4 fully saturated rings. The Morgan fingerprint density at radius 3 is 1.42 bits per heavy atom. The number of hydrogen-bond acceptors (Lipinski definition) is 17. The minimum atomic E-state index is -4.26. The van der Waals surface area contributed by atoms with E-state index in [1.165, 1.54) is 41.0 Å². The van der Waals surface area contributed by atoms with Crippen molar-refractivity contribution in [2.75, 3.05) is 47.9 Å². The highest BCUT2D eigenvalue weighted by atomic mass is 35.5. The van der Waals surface area contributed by atoms with Crippen LogP contribution in [0.5, 0.6) is 0 Å². The molecule has 4 aliphatic rings. The number of amides is 1. The lowest BCUT2D eigenvalue weighted by atomic mass is 9.97. The number of likely N-dealkylation sites (tertiary alicyclic amines) is 2. The number of rotatable bonds is 19. The van der Waals surface area contributed by atoms with Gasteiger partial charge in [-0.2, -0.15) is 36.9 Å². The zero-order valence-electron chi connectivity index (χ0n) is 54.4. The van der Waals surface area contributed by atoms with Crippen molar-refractivity contribution in [1.29, 1.82) is 10.5 Å². The number of thiophene rings is 2. The molecule has 5 N–H and O–H groups in total. The predicted molar refractivity (Wildman–Crippen MR) is 376 cm³/mol. The van der Waals surface area contributed by atoms with Crippen molar-refractivity contribution in [2.24, 2.45) is 0 Å². The number of fused-ring (bicyclic) bond motifs is 4. The van der Waals surface area contributed by atoms with Gasteiger partial charge in [0.1, 0.15) is 69.1 Å². The van der Waals surface area contributed by atoms with Crippen LogP contribution in [0.4, 0.5) is 49.6 Å². The summed E-state index contributed by atoms with van der Waals surface area (Å²) in [6.45, 7) is 17.3. The molecule has 0 radical (unpaired) electrons. The van der Waals surface area contributed by atoms with E-state index in [1.807, 2.05) is 36.7 Å². The molecule has 1 amide bonds. The van der Waals surface area contributed by atoms with Crippen LogP contribution in [0.25, 0.3) is 42.2 Å². The molecule has 99 heavy (non-hydrogen) atoms. The normalized spacial score (nSPS) is 16.3. The summed E-state index contributed by atoms with van der Waals surface area (Å²) in [5.41, 5.74) is 16.2. The monoisotopic (exact) mass is 1400 g/mol. The van der Waals surface area contributed by atoms with Crippen LogP contribution >= 0.6 is 34.3 Å². The molecule has 8 aromatic heterocycles. The summed E-state index contributed by atoms with van der Waals surface area (Å²) in [5.74, 6) is 1.87. The number of benzene rings is 2. The zero-order chi connectivity index (χ0) is 70.0. The lowest BCUT2D eigenvalue weighted by Crippen LogP contribution is -2.39. The van der Waals surface area contributed by atoms with E-state index in [0.29, 0.717) is 61.6 Å². The SMILES string of the molecule is C=CC(=O)Cl.C=CC(=O)Nc1ccc(C2(Cn3c(C#N)cc4c(C)c(CN5CCC(Nc6ncnc7sc(CC(F)(F)F)cc67)CC5)ccc43)CC2)cn1.Cc1c(CN2CCC(Nc3ncnc4sc(CC(F)(F)F)cc34)CC2)ccc2c1cc(C#N)n2CC1(c2ccc(N)nc2)CC1. The van der Waals surface area contributed by atoms with Gasteiger partial charge >= 0.3 is 12.4 Å². The highest BCUT2D eigenvalue weighted by Gasteiger charge is 2.47. The average molecular weight is 1410 g/mol. The molecule has 2 aliphatic carbocycles. The summed E-state index contributed by atoms with van der Waals surface area (Å²) in [7, 11) is 0. The number of aryl methyl sites for hydroxylation is 2. The molecule has 2 saturated carbocycles. The van der Waals surface area contributed by atoms with Crippen LogP contribution < -0.4 is 21.7 Å². The smallest absolute Gasteiger partial charge is 0.384 e. The highest BCUT2D eigenvalue weighted by Crippen LogP contribution is 2.52. The zero-order valence-corrected chi connectivity index (χ0v) is 56.8. The summed E-state index contributed by atoms with van der Waals surface area (Å²) >= 11 is 6.83. The van der Waals surface area contributed by atoms with Gasteiger partial charge in [0, 0.05) is 119 Å². The Hall–Kier alpha value is -9.31. The number of nitrogens with two attached hydrogens (primary N) is 1. The van der Waals surface area contributed by atoms with Crippen molar-refractivity contribution in [2.45, 2.75) is 140 Å². The van der Waals surface area contributed by atoms with Crippen molar-refractivity contribution in [3.63, 3.8) is 0 Å². The molecule has 2 saturated heterocycles. The third-order valence-electron chi connectivity index (χ3n) is 19.3. The van der Waals surface area contributed by atoms with E-state index in [9.17, 15) is 46.5 Å². The number of aromatic nitrogens is 8. The number of nitrogens with one attached hydrogen (secondary N) is 3. The number of pyridine rings is 2. The molecule has 10 heterocycles. The van der Waals surface area contributed by atoms with E-state index < -0.39 is 30.4 Å². The van der Waals surface area contributed by atoms with Gasteiger partial charge in [0.2, 0.25) is 11.1 Å². The Labute approximate surface area is 580 Å². The van der Waals surface area contributed by atoms with E-state index in [-0.39, 0.29) is 38.6 Å². The van der Waals surface area contributed by atoms with E-state index in [4.69, 9.17) is 17.3 Å². The first-order valence-electron chi connectivity index (χ1n) is 32.5. The molecular weight excluding hydrogens is 1330 g/mol. The Bertz CT molecular complexity index is 4760. The molecule has 0 spiro atoms. The largest absolute Gasteiger partial charge is 0.393 e. The number of allylic oxidation sites excluding steroid dienone is 1. The minimum absolute atomic E-state index is 0.0183. The van der Waals surface area contributed by atoms with E-state index >= 15 is 0 Å². The summed E-state index contributed by atoms with van der Waals surface area (Å²) in [6.07, 6.45) is 5.95. The molecule has 0 unspecified atom stereocenters. The van der Waals surface area contributed by atoms with Gasteiger partial charge in [-0.05, 0) is 171 Å². The van der Waals surface area contributed by atoms with Crippen LogP contribution in [-0.2, 0) is 59.4 Å². The van der Waals surface area contributed by atoms with Crippen LogP contribution in [0.1, 0.15) is 106 Å². The molecule has 2 aliphatic heterocycles. The third kappa shape index (κ3) is 16.2. The van der Waals surface area contributed by atoms with Crippen LogP contribution in [0.15, 0.2) is 123 Å². The van der Waals surface area contributed by atoms with Crippen LogP contribution in [0.2, 0.25) is 0 Å². The van der Waals surface area contributed by atoms with Gasteiger partial charge in [0.25, 0.3) is 0 Å². The predicted octanol–water partition coefficient (Wildman–Crippen LogP) is 14.9. The summed E-state index contributed by atoms with van der Waals surface area (Å²) in [4.78, 5) is 53.4. The van der Waals surface area contributed by atoms with Crippen molar-refractivity contribution in [3.8, 4) is 12.1 Å². The fourth-order valence-electron chi connectivity index (χ4n) is 13.5. The number of alkyl halides is 6. The van der Waals surface area contributed by atoms with Crippen molar-refractivity contribution in [1.82, 2.24) is 48.8 Å². The first-order valence-corrected chi connectivity index (χ1v) is 34.5. The number of nitriles is 2. The number of carbonyl (C=O) groups is 2. The molecule has 0 bridgehead atoms. The first kappa shape index (κ1) is 69.6. The standard InChI is InChI=1S/C36H35F3N8OS.C33H33F3N8S.C3H3ClO/c1-3-32(48)45-31-7-5-24(18-41-31)35(10-11-35)20-47-26(17-40)14-28-22(2)23(4-6-30(28)47)19-46-12-8-25(9-13-46)44-33-29-15-27(16-36(37,38)39)49-34(29)43-21-42-33;1-20-21(2-4-28-26(20)12-24(15-37)44(28)18-32(8-9-32)22-3-5-29(38)39-16-22)17-43-10-6-23(7-11-43)42-30-27-13-25(14-33(34,35)36)45-31(27)41-19-40-30;1-2-3(4)5/h3-7,14-15,18,21,25H,1,8-13,16,19-20H2,2H3,(H,41,45,48)(H,42,43,44);2-5,12-13,16,19,23H,6-11,14,17-18H2,1H3,(H2,38,39)(H,40,41,42);2H,1H2. The maximum absolute atomic E-state index is 13.0. The fourth-order valence-corrected chi connectivity index (χ4v) is 15.6. The van der Waals surface area contributed by atoms with Gasteiger partial charge < -0.3 is 30.8 Å². The van der Waals surface area contributed by atoms with Gasteiger partial charge in [-0.3, -0.25) is 19.4 Å². The van der Waals surface area contributed by atoms with Gasteiger partial charge in [0.05, 0.1) is 23.6 Å². The summed E-state index contributed by atoms with van der Waals surface area (Å²) < 4.78 is 82.0. The Morgan fingerprint density at radius 2 is 1.06 bits per heavy atom. The lowest BCUT2D eigenvalue weighted by Gasteiger charge is -2.33. The number of nitrogens with zero attached hydrogens (tertiary/aromatic N) is 12. The van der Waals surface area contributed by atoms with Gasteiger partial charge in [-0.25, -0.2) is 29.9 Å². The number of carbonyl (C=O) groups excluding carboxylic acids is 2. The van der Waals surface area contributed by atoms with Crippen LogP contribution in [-0.4, -0.2) is 111 Å². The topological polar surface area (TPSA) is 238 Å². The number of hydrogen-bond donors (Lipinski definition) is 4. The van der Waals surface area contributed by atoms with Gasteiger partial charge in [-0.15, -0.1) is 22.7 Å². The second-order valence-corrected chi connectivity index (χ2v) is 28.6. The quantitative estimate of drug-likeness (QED) is 0.0335. The second-order valence-electron chi connectivity index (χ2n) is 26.0. The molecule has 2 aromatic carbocycles. The molecular formula is C72H71ClF6N16O2S2. The first-order chi connectivity index (χ1) is 47.4. The van der Waals surface area contributed by atoms with E-state index in [0.717, 1.165) is 159 Å². The van der Waals surface area contributed by atoms with Crippen LogP contribution in [0.3, 0.4) is 0 Å². The molecule has 10 aromatic rings. The number of anilines is 4. The minimum Gasteiger partial charge on any atom is -0.384 e. The maximum Gasteiger partial charge on any atom is 0.393 e. The molecule has 18 nitrogen and oxygen atoms in total. The average Bonchev–Trinajstić information content (AvgIpc) is 1.60. The molecule has 27 heteroatoms. The summed E-state index contributed by atoms with van der Waals surface area (Å²) in [5, 5.41) is 32.7. The van der Waals surface area contributed by atoms with Crippen LogP contribution in [0, 0.1) is 36.5 Å². The van der Waals surface area contributed by atoms with Crippen molar-refractivity contribution < 1.29 is 35.9 Å². The fraction of sp³-hybridized carbons (Fsp3) is 0.361. The Kier molecular flexibility index (Phi) is 20.3. The molecule has 512 valence electrons. The number of halogens is 7.